The highest BCUT2D eigenvalue weighted by Gasteiger charge is 2.32. The standard InChI is InChI=1S/C20H36F3N5O/c1-3-25-19(28-12-7-17(8-13-28)14-18(29)24-2)26-9-4-16-5-10-27(11-6-16)15-20(21,22)23/h16-17H,3-15H2,1-2H3,(H,24,29)(H,25,26). The van der Waals surface area contributed by atoms with Gasteiger partial charge in [0.25, 0.3) is 0 Å². The average Bonchev–Trinajstić information content (AvgIpc) is 2.68. The highest BCUT2D eigenvalue weighted by molar-refractivity contribution is 5.80. The molecule has 0 radical (unpaired) electrons. The van der Waals surface area contributed by atoms with Gasteiger partial charge in [-0.3, -0.25) is 14.7 Å². The van der Waals surface area contributed by atoms with E-state index < -0.39 is 12.7 Å². The topological polar surface area (TPSA) is 60.0 Å². The van der Waals surface area contributed by atoms with E-state index in [1.165, 1.54) is 4.90 Å². The zero-order valence-corrected chi connectivity index (χ0v) is 17.7. The molecule has 0 aromatic carbocycles. The maximum absolute atomic E-state index is 12.5. The first-order valence-electron chi connectivity index (χ1n) is 10.8. The van der Waals surface area contributed by atoms with E-state index >= 15 is 0 Å². The van der Waals surface area contributed by atoms with E-state index in [1.54, 1.807) is 7.05 Å². The number of nitrogens with zero attached hydrogens (tertiary/aromatic N) is 3. The fourth-order valence-corrected chi connectivity index (χ4v) is 4.18. The van der Waals surface area contributed by atoms with E-state index in [2.05, 4.69) is 15.5 Å². The van der Waals surface area contributed by atoms with Crippen LogP contribution in [-0.2, 0) is 4.79 Å². The monoisotopic (exact) mass is 419 g/mol. The summed E-state index contributed by atoms with van der Waals surface area (Å²) < 4.78 is 37.5. The molecule has 6 nitrogen and oxygen atoms in total. The molecule has 0 aromatic rings. The summed E-state index contributed by atoms with van der Waals surface area (Å²) in [5.74, 6) is 1.89. The molecule has 0 bridgehead atoms. The lowest BCUT2D eigenvalue weighted by Crippen LogP contribution is -2.46. The Bertz CT molecular complexity index is 525. The van der Waals surface area contributed by atoms with Crippen LogP contribution in [0.15, 0.2) is 4.99 Å². The van der Waals surface area contributed by atoms with Crippen molar-refractivity contribution < 1.29 is 18.0 Å². The van der Waals surface area contributed by atoms with E-state index in [0.717, 1.165) is 57.7 Å². The van der Waals surface area contributed by atoms with E-state index in [4.69, 9.17) is 4.99 Å². The molecule has 2 rings (SSSR count). The van der Waals surface area contributed by atoms with Gasteiger partial charge < -0.3 is 15.5 Å². The van der Waals surface area contributed by atoms with Crippen LogP contribution >= 0.6 is 0 Å². The van der Waals surface area contributed by atoms with Crippen LogP contribution in [0.5, 0.6) is 0 Å². The zero-order chi connectivity index (χ0) is 21.3. The van der Waals surface area contributed by atoms with Crippen LogP contribution in [0.25, 0.3) is 0 Å². The third-order valence-electron chi connectivity index (χ3n) is 5.91. The Morgan fingerprint density at radius 1 is 1.07 bits per heavy atom. The maximum atomic E-state index is 12.5. The van der Waals surface area contributed by atoms with E-state index in [-0.39, 0.29) is 5.91 Å². The number of aliphatic imine (C=N–C) groups is 1. The Kier molecular flexibility index (Phi) is 9.52. The van der Waals surface area contributed by atoms with Gasteiger partial charge in [-0.15, -0.1) is 0 Å². The molecule has 9 heteroatoms. The maximum Gasteiger partial charge on any atom is 0.401 e. The number of likely N-dealkylation sites (tertiary alicyclic amines) is 2. The van der Waals surface area contributed by atoms with Crippen molar-refractivity contribution in [2.75, 3.05) is 52.9 Å². The molecule has 2 aliphatic rings. The van der Waals surface area contributed by atoms with E-state index in [9.17, 15) is 18.0 Å². The van der Waals surface area contributed by atoms with Crippen molar-refractivity contribution in [1.29, 1.82) is 0 Å². The normalized spacial score (nSPS) is 20.7. The minimum atomic E-state index is -4.11. The Morgan fingerprint density at radius 3 is 2.24 bits per heavy atom. The Balaban J connectivity index is 1.74. The Labute approximate surface area is 172 Å². The molecule has 2 N–H and O–H groups in total. The predicted molar refractivity (Wildman–Crippen MR) is 109 cm³/mol. The summed E-state index contributed by atoms with van der Waals surface area (Å²) in [6.07, 6.45) is 0.990. The zero-order valence-electron chi connectivity index (χ0n) is 17.7. The van der Waals surface area contributed by atoms with Gasteiger partial charge in [-0.2, -0.15) is 13.2 Å². The number of guanidine groups is 1. The first-order chi connectivity index (χ1) is 13.8. The molecule has 0 atom stereocenters. The lowest BCUT2D eigenvalue weighted by atomic mass is 9.93. The number of halogens is 3. The van der Waals surface area contributed by atoms with Crippen molar-refractivity contribution in [3.05, 3.63) is 0 Å². The van der Waals surface area contributed by atoms with Gasteiger partial charge in [0.2, 0.25) is 5.91 Å². The Morgan fingerprint density at radius 2 is 1.69 bits per heavy atom. The predicted octanol–water partition coefficient (Wildman–Crippen LogP) is 2.46. The summed E-state index contributed by atoms with van der Waals surface area (Å²) in [5.41, 5.74) is 0. The number of carbonyl (C=O) groups excluding carboxylic acids is 1. The number of piperidine rings is 2. The molecule has 2 fully saturated rings. The van der Waals surface area contributed by atoms with Crippen molar-refractivity contribution in [3.8, 4) is 0 Å². The number of nitrogens with one attached hydrogen (secondary N) is 2. The second-order valence-corrected chi connectivity index (χ2v) is 8.17. The molecule has 2 aliphatic heterocycles. The summed E-state index contributed by atoms with van der Waals surface area (Å²) in [4.78, 5) is 20.1. The highest BCUT2D eigenvalue weighted by Crippen LogP contribution is 2.24. The van der Waals surface area contributed by atoms with Gasteiger partial charge in [-0.05, 0) is 64.0 Å². The molecule has 168 valence electrons. The number of alkyl halides is 3. The smallest absolute Gasteiger partial charge is 0.359 e. The van der Waals surface area contributed by atoms with Crippen molar-refractivity contribution in [2.24, 2.45) is 16.8 Å². The first kappa shape index (κ1) is 23.8. The minimum absolute atomic E-state index is 0.102. The minimum Gasteiger partial charge on any atom is -0.359 e. The Hall–Kier alpha value is -1.51. The van der Waals surface area contributed by atoms with Gasteiger partial charge >= 0.3 is 6.18 Å². The highest BCUT2D eigenvalue weighted by atomic mass is 19.4. The lowest BCUT2D eigenvalue weighted by Gasteiger charge is -2.34. The van der Waals surface area contributed by atoms with Crippen LogP contribution in [-0.4, -0.2) is 80.7 Å². The molecule has 0 saturated carbocycles. The molecule has 0 aromatic heterocycles. The number of hydrogen-bond donors (Lipinski definition) is 2. The van der Waals surface area contributed by atoms with Crippen molar-refractivity contribution in [3.63, 3.8) is 0 Å². The van der Waals surface area contributed by atoms with Gasteiger partial charge in [-0.1, -0.05) is 0 Å². The molecule has 29 heavy (non-hydrogen) atoms. The molecule has 2 saturated heterocycles. The van der Waals surface area contributed by atoms with Gasteiger partial charge in [0.15, 0.2) is 5.96 Å². The number of rotatable bonds is 7. The quantitative estimate of drug-likeness (QED) is 0.492. The molecular weight excluding hydrogens is 383 g/mol. The molecule has 0 unspecified atom stereocenters. The number of hydrogen-bond acceptors (Lipinski definition) is 3. The molecule has 1 amide bonds. The van der Waals surface area contributed by atoms with Gasteiger partial charge in [0, 0.05) is 39.6 Å². The molecule has 2 heterocycles. The summed E-state index contributed by atoms with van der Waals surface area (Å²) in [6.45, 7) is 5.58. The average molecular weight is 420 g/mol. The largest absolute Gasteiger partial charge is 0.401 e. The summed E-state index contributed by atoms with van der Waals surface area (Å²) >= 11 is 0. The van der Waals surface area contributed by atoms with E-state index in [1.807, 2.05) is 6.92 Å². The van der Waals surface area contributed by atoms with Gasteiger partial charge in [0.1, 0.15) is 0 Å². The van der Waals surface area contributed by atoms with Crippen LogP contribution in [0.3, 0.4) is 0 Å². The van der Waals surface area contributed by atoms with Crippen molar-refractivity contribution in [2.45, 2.75) is 51.6 Å². The van der Waals surface area contributed by atoms with Crippen LogP contribution in [0.4, 0.5) is 13.2 Å². The van der Waals surface area contributed by atoms with Crippen molar-refractivity contribution in [1.82, 2.24) is 20.4 Å². The van der Waals surface area contributed by atoms with Crippen LogP contribution in [0, 0.1) is 11.8 Å². The van der Waals surface area contributed by atoms with Crippen LogP contribution in [0.1, 0.15) is 45.4 Å². The fraction of sp³-hybridized carbons (Fsp3) is 0.900. The van der Waals surface area contributed by atoms with Gasteiger partial charge in [-0.25, -0.2) is 0 Å². The third-order valence-corrected chi connectivity index (χ3v) is 5.91. The summed E-state index contributed by atoms with van der Waals surface area (Å²) in [5, 5.41) is 6.05. The fourth-order valence-electron chi connectivity index (χ4n) is 4.18. The molecular formula is C20H36F3N5O. The second-order valence-electron chi connectivity index (χ2n) is 8.17. The number of amides is 1. The second kappa shape index (κ2) is 11.6. The van der Waals surface area contributed by atoms with Crippen LogP contribution < -0.4 is 10.6 Å². The lowest BCUT2D eigenvalue weighted by molar-refractivity contribution is -0.148. The van der Waals surface area contributed by atoms with Gasteiger partial charge in [0.05, 0.1) is 6.54 Å². The molecule has 0 spiro atoms. The SMILES string of the molecule is CCNC(=NCCC1CCN(CC(F)(F)F)CC1)N1CCC(CC(=O)NC)CC1. The van der Waals surface area contributed by atoms with E-state index in [0.29, 0.717) is 37.9 Å². The molecule has 0 aliphatic carbocycles. The number of carbonyl (C=O) groups is 1. The third kappa shape index (κ3) is 8.80. The van der Waals surface area contributed by atoms with Crippen molar-refractivity contribution >= 4 is 11.9 Å². The summed E-state index contributed by atoms with van der Waals surface area (Å²) in [7, 11) is 1.67. The van der Waals surface area contributed by atoms with Crippen LogP contribution in [0.2, 0.25) is 0 Å². The summed E-state index contributed by atoms with van der Waals surface area (Å²) in [6, 6.07) is 0. The first-order valence-corrected chi connectivity index (χ1v) is 10.8.